The molecule has 2 heteroatoms. The van der Waals surface area contributed by atoms with E-state index in [0.29, 0.717) is 0 Å². The zero-order chi connectivity index (χ0) is 13.2. The Morgan fingerprint density at radius 3 is 2.58 bits per heavy atom. The van der Waals surface area contributed by atoms with Crippen LogP contribution in [-0.4, -0.2) is 18.4 Å². The van der Waals surface area contributed by atoms with E-state index in [9.17, 15) is 5.11 Å². The number of fused-ring (bicyclic) bond motifs is 2. The predicted octanol–water partition coefficient (Wildman–Crippen LogP) is 3.53. The van der Waals surface area contributed by atoms with Crippen molar-refractivity contribution in [2.45, 2.75) is 6.61 Å². The second-order valence-electron chi connectivity index (χ2n) is 4.61. The molecule has 3 rings (SSSR count). The van der Waals surface area contributed by atoms with Gasteiger partial charge >= 0.3 is 0 Å². The molecule has 0 heterocycles. The molecule has 2 nitrogen and oxygen atoms in total. The maximum atomic E-state index is 9.30. The maximum Gasteiger partial charge on any atom is 0.0682 e. The van der Waals surface area contributed by atoms with Crippen LogP contribution >= 0.6 is 0 Å². The summed E-state index contributed by atoms with van der Waals surface area (Å²) in [4.78, 5) is 4.17. The average molecular weight is 249 g/mol. The lowest BCUT2D eigenvalue weighted by molar-refractivity contribution is 0.282. The molecule has 0 aromatic heterocycles. The Morgan fingerprint density at radius 1 is 1.00 bits per heavy atom. The molecule has 0 saturated carbocycles. The summed E-state index contributed by atoms with van der Waals surface area (Å²) in [6, 6.07) is 16.5. The zero-order valence-corrected chi connectivity index (χ0v) is 10.8. The van der Waals surface area contributed by atoms with E-state index in [1.54, 1.807) is 7.05 Å². The van der Waals surface area contributed by atoms with Crippen LogP contribution in [0, 0.1) is 0 Å². The van der Waals surface area contributed by atoms with Crippen molar-refractivity contribution in [3.63, 3.8) is 0 Å². The Balaban J connectivity index is 2.48. The summed E-state index contributed by atoms with van der Waals surface area (Å²) in [5, 5.41) is 14.0. The van der Waals surface area contributed by atoms with Crippen molar-refractivity contribution >= 4 is 27.8 Å². The van der Waals surface area contributed by atoms with E-state index in [1.165, 1.54) is 16.2 Å². The van der Waals surface area contributed by atoms with Crippen molar-refractivity contribution in [3.8, 4) is 0 Å². The molecule has 0 bridgehead atoms. The van der Waals surface area contributed by atoms with Gasteiger partial charge in [-0.3, -0.25) is 4.99 Å². The van der Waals surface area contributed by atoms with Crippen LogP contribution < -0.4 is 0 Å². The molecule has 0 amide bonds. The number of aliphatic hydroxyl groups is 1. The van der Waals surface area contributed by atoms with E-state index in [0.717, 1.165) is 16.5 Å². The van der Waals surface area contributed by atoms with Gasteiger partial charge in [0.2, 0.25) is 0 Å². The topological polar surface area (TPSA) is 32.6 Å². The highest BCUT2D eigenvalue weighted by Gasteiger charge is 2.06. The molecule has 0 radical (unpaired) electrons. The first-order valence-corrected chi connectivity index (χ1v) is 6.31. The predicted molar refractivity (Wildman–Crippen MR) is 80.9 cm³/mol. The van der Waals surface area contributed by atoms with Gasteiger partial charge < -0.3 is 5.11 Å². The van der Waals surface area contributed by atoms with Gasteiger partial charge in [0.05, 0.1) is 6.61 Å². The monoisotopic (exact) mass is 249 g/mol. The first-order valence-electron chi connectivity index (χ1n) is 6.31. The molecule has 1 N–H and O–H groups in total. The normalized spacial score (nSPS) is 11.7. The van der Waals surface area contributed by atoms with Crippen molar-refractivity contribution in [2.75, 3.05) is 7.05 Å². The molecule has 0 saturated heterocycles. The standard InChI is InChI=1S/C17H15NO/c1-18-10-17-15-5-3-2-4-13(15)9-14-7-6-12(11-19)8-16(14)17/h2-10,19H,11H2,1H3. The SMILES string of the molecule is CN=Cc1c2ccccc2cc2ccc(CO)cc12. The van der Waals surface area contributed by atoms with E-state index < -0.39 is 0 Å². The molecule has 3 aromatic carbocycles. The first kappa shape index (κ1) is 11.9. The van der Waals surface area contributed by atoms with E-state index in [4.69, 9.17) is 0 Å². The van der Waals surface area contributed by atoms with Crippen LogP contribution in [0.15, 0.2) is 53.5 Å². The molecule has 0 spiro atoms. The number of rotatable bonds is 2. The molecule has 0 unspecified atom stereocenters. The fourth-order valence-electron chi connectivity index (χ4n) is 2.51. The number of nitrogens with zero attached hydrogens (tertiary/aromatic N) is 1. The number of hydrogen-bond acceptors (Lipinski definition) is 2. The van der Waals surface area contributed by atoms with Gasteiger partial charge in [0.15, 0.2) is 0 Å². The highest BCUT2D eigenvalue weighted by Crippen LogP contribution is 2.28. The van der Waals surface area contributed by atoms with Gasteiger partial charge in [-0.05, 0) is 39.2 Å². The number of aliphatic hydroxyl groups excluding tert-OH is 1. The number of hydrogen-bond donors (Lipinski definition) is 1. The van der Waals surface area contributed by atoms with Crippen LogP contribution in [-0.2, 0) is 6.61 Å². The molecule has 19 heavy (non-hydrogen) atoms. The van der Waals surface area contributed by atoms with E-state index in [-0.39, 0.29) is 6.61 Å². The zero-order valence-electron chi connectivity index (χ0n) is 10.8. The van der Waals surface area contributed by atoms with Gasteiger partial charge in [-0.1, -0.05) is 36.4 Å². The molecule has 0 aliphatic rings. The molecule has 0 aliphatic carbocycles. The van der Waals surface area contributed by atoms with Crippen LogP contribution in [0.5, 0.6) is 0 Å². The van der Waals surface area contributed by atoms with Gasteiger partial charge in [-0.25, -0.2) is 0 Å². The Hall–Kier alpha value is -2.19. The van der Waals surface area contributed by atoms with Gasteiger partial charge in [-0.2, -0.15) is 0 Å². The highest BCUT2D eigenvalue weighted by atomic mass is 16.3. The van der Waals surface area contributed by atoms with Crippen molar-refractivity contribution in [1.29, 1.82) is 0 Å². The molecular weight excluding hydrogens is 234 g/mol. The van der Waals surface area contributed by atoms with Crippen molar-refractivity contribution in [2.24, 2.45) is 4.99 Å². The molecule has 0 atom stereocenters. The Bertz CT molecular complexity index is 775. The van der Waals surface area contributed by atoms with E-state index >= 15 is 0 Å². The minimum Gasteiger partial charge on any atom is -0.392 e. The van der Waals surface area contributed by atoms with Crippen molar-refractivity contribution in [3.05, 3.63) is 59.7 Å². The maximum absolute atomic E-state index is 9.30. The average Bonchev–Trinajstić information content (AvgIpc) is 2.47. The second-order valence-corrected chi connectivity index (χ2v) is 4.61. The van der Waals surface area contributed by atoms with Gasteiger partial charge in [0.25, 0.3) is 0 Å². The minimum atomic E-state index is 0.0610. The number of benzene rings is 3. The molecule has 0 fully saturated rings. The third kappa shape index (κ3) is 2.00. The van der Waals surface area contributed by atoms with Crippen LogP contribution in [0.25, 0.3) is 21.5 Å². The Kier molecular flexibility index (Phi) is 3.02. The second kappa shape index (κ2) is 4.82. The summed E-state index contributed by atoms with van der Waals surface area (Å²) >= 11 is 0. The molecule has 94 valence electrons. The summed E-state index contributed by atoms with van der Waals surface area (Å²) in [5.74, 6) is 0. The lowest BCUT2D eigenvalue weighted by Gasteiger charge is -2.09. The largest absolute Gasteiger partial charge is 0.392 e. The molecule has 0 aliphatic heterocycles. The van der Waals surface area contributed by atoms with Gasteiger partial charge in [0.1, 0.15) is 0 Å². The fourth-order valence-corrected chi connectivity index (χ4v) is 2.51. The lowest BCUT2D eigenvalue weighted by atomic mass is 9.96. The smallest absolute Gasteiger partial charge is 0.0682 e. The van der Waals surface area contributed by atoms with Crippen molar-refractivity contribution in [1.82, 2.24) is 0 Å². The van der Waals surface area contributed by atoms with E-state index in [1.807, 2.05) is 30.5 Å². The Labute approximate surface area is 112 Å². The summed E-state index contributed by atoms with van der Waals surface area (Å²) < 4.78 is 0. The fraction of sp³-hybridized carbons (Fsp3) is 0.118. The first-order chi connectivity index (χ1) is 9.33. The van der Waals surface area contributed by atoms with Crippen LogP contribution in [0.1, 0.15) is 11.1 Å². The quantitative estimate of drug-likeness (QED) is 0.547. The van der Waals surface area contributed by atoms with E-state index in [2.05, 4.69) is 29.3 Å². The lowest BCUT2D eigenvalue weighted by Crippen LogP contribution is -1.90. The van der Waals surface area contributed by atoms with Crippen LogP contribution in [0.2, 0.25) is 0 Å². The van der Waals surface area contributed by atoms with Crippen LogP contribution in [0.3, 0.4) is 0 Å². The van der Waals surface area contributed by atoms with Crippen LogP contribution in [0.4, 0.5) is 0 Å². The summed E-state index contributed by atoms with van der Waals surface area (Å²) in [7, 11) is 1.78. The third-order valence-corrected chi connectivity index (χ3v) is 3.41. The summed E-state index contributed by atoms with van der Waals surface area (Å²) in [6.45, 7) is 0.0610. The molecule has 3 aromatic rings. The summed E-state index contributed by atoms with van der Waals surface area (Å²) in [5.41, 5.74) is 2.04. The van der Waals surface area contributed by atoms with Gasteiger partial charge in [0, 0.05) is 18.8 Å². The molecular formula is C17H15NO. The number of aliphatic imine (C=N–C) groups is 1. The minimum absolute atomic E-state index is 0.0610. The Morgan fingerprint density at radius 2 is 1.79 bits per heavy atom. The summed E-state index contributed by atoms with van der Waals surface area (Å²) in [6.07, 6.45) is 1.89. The van der Waals surface area contributed by atoms with Crippen molar-refractivity contribution < 1.29 is 5.11 Å². The highest BCUT2D eigenvalue weighted by molar-refractivity contribution is 6.13. The van der Waals surface area contributed by atoms with Gasteiger partial charge in [-0.15, -0.1) is 0 Å². The third-order valence-electron chi connectivity index (χ3n) is 3.41.